The maximum atomic E-state index is 13.6. The van der Waals surface area contributed by atoms with Crippen LogP contribution in [0.4, 0.5) is 9.18 Å². The quantitative estimate of drug-likeness (QED) is 0.0749. The van der Waals surface area contributed by atoms with E-state index in [0.29, 0.717) is 30.9 Å². The molecule has 0 bridgehead atoms. The Bertz CT molecular complexity index is 1440. The van der Waals surface area contributed by atoms with Crippen LogP contribution < -0.4 is 38.7 Å². The molecule has 11 N–H and O–H groups in total. The number of nitrogens with two attached hydrogens (primary N) is 3. The van der Waals surface area contributed by atoms with Gasteiger partial charge >= 0.3 is 12.0 Å². The number of aliphatic imine (C=N–C) groups is 1. The molecular formula is C34H57FN10O5. The molecular weight excluding hydrogens is 647 g/mol. The highest BCUT2D eigenvalue weighted by molar-refractivity contribution is 5.75. The third-order valence-electron chi connectivity index (χ3n) is 7.49. The number of hydrogen-bond donors (Lipinski definition) is 8. The molecule has 0 spiro atoms. The molecule has 1 aromatic carbocycles. The molecule has 3 atom stereocenters. The van der Waals surface area contributed by atoms with Gasteiger partial charge in [0.15, 0.2) is 5.96 Å². The predicted molar refractivity (Wildman–Crippen MR) is 194 cm³/mol. The second-order valence-electron chi connectivity index (χ2n) is 14.4. The number of carbonyl (C=O) groups excluding carboxylic acids is 1. The van der Waals surface area contributed by atoms with E-state index < -0.39 is 18.7 Å². The minimum atomic E-state index is -1.17. The van der Waals surface area contributed by atoms with Crippen molar-refractivity contribution < 1.29 is 23.8 Å². The summed E-state index contributed by atoms with van der Waals surface area (Å²) < 4.78 is 18.8. The van der Waals surface area contributed by atoms with Crippen molar-refractivity contribution in [2.75, 3.05) is 45.9 Å². The van der Waals surface area contributed by atoms with Crippen molar-refractivity contribution >= 4 is 18.0 Å². The van der Waals surface area contributed by atoms with E-state index in [1.54, 1.807) is 6.20 Å². The molecule has 1 fully saturated rings. The highest BCUT2D eigenvalue weighted by atomic mass is 19.1. The van der Waals surface area contributed by atoms with Gasteiger partial charge in [-0.05, 0) is 51.3 Å². The summed E-state index contributed by atoms with van der Waals surface area (Å²) in [7, 11) is 0. The number of aliphatic carboxylic acids is 1. The van der Waals surface area contributed by atoms with E-state index in [-0.39, 0.29) is 60.3 Å². The Morgan fingerprint density at radius 2 is 1.86 bits per heavy atom. The average Bonchev–Trinajstić information content (AvgIpc) is 3.37. The van der Waals surface area contributed by atoms with Crippen LogP contribution >= 0.6 is 0 Å². The van der Waals surface area contributed by atoms with Crippen molar-refractivity contribution in [3.8, 4) is 11.1 Å². The van der Waals surface area contributed by atoms with Crippen LogP contribution in [0.5, 0.6) is 0 Å². The first-order valence-corrected chi connectivity index (χ1v) is 16.8. The van der Waals surface area contributed by atoms with E-state index in [1.165, 1.54) is 0 Å². The SMILES string of the molecule is CC(C)(C)NC(=O)N[C@@H]1C[C@@H](COCC(=O)O)N(C[C@@H](F)CN)C1.CC(C)(C)c1ncc(-c2ccc(CNCCCN=C(N)N)cc2)c(=O)[nH]1. The number of nitrogens with one attached hydrogen (secondary N) is 4. The molecule has 0 aliphatic carbocycles. The highest BCUT2D eigenvalue weighted by Gasteiger charge is 2.34. The Kier molecular flexibility index (Phi) is 16.7. The monoisotopic (exact) mass is 704 g/mol. The largest absolute Gasteiger partial charge is 0.480 e. The molecule has 16 heteroatoms. The number of H-pyrrole nitrogens is 1. The Balaban J connectivity index is 0.000000348. The van der Waals surface area contributed by atoms with E-state index in [2.05, 4.69) is 30.9 Å². The highest BCUT2D eigenvalue weighted by Crippen LogP contribution is 2.21. The van der Waals surface area contributed by atoms with Crippen molar-refractivity contribution in [2.24, 2.45) is 22.2 Å². The number of benzene rings is 1. The van der Waals surface area contributed by atoms with Crippen LogP contribution in [-0.2, 0) is 21.5 Å². The van der Waals surface area contributed by atoms with E-state index in [0.717, 1.165) is 30.6 Å². The first-order chi connectivity index (χ1) is 23.4. The lowest BCUT2D eigenvalue weighted by Crippen LogP contribution is -2.50. The van der Waals surface area contributed by atoms with Crippen LogP contribution in [-0.4, -0.2) is 108 Å². The van der Waals surface area contributed by atoms with E-state index >= 15 is 0 Å². The van der Waals surface area contributed by atoms with Gasteiger partial charge in [0.05, 0.1) is 12.2 Å². The number of ether oxygens (including phenoxy) is 1. The van der Waals surface area contributed by atoms with Crippen LogP contribution in [0.2, 0.25) is 0 Å². The molecule has 1 saturated heterocycles. The summed E-state index contributed by atoms with van der Waals surface area (Å²) in [5, 5.41) is 17.7. The van der Waals surface area contributed by atoms with Gasteiger partial charge in [-0.1, -0.05) is 45.0 Å². The number of amides is 2. The maximum absolute atomic E-state index is 13.6. The van der Waals surface area contributed by atoms with Crippen molar-refractivity contribution in [3.63, 3.8) is 0 Å². The van der Waals surface area contributed by atoms with Crippen molar-refractivity contribution in [1.82, 2.24) is 30.8 Å². The van der Waals surface area contributed by atoms with Crippen molar-refractivity contribution in [1.29, 1.82) is 0 Å². The number of aromatic amines is 1. The number of halogens is 1. The second-order valence-corrected chi connectivity index (χ2v) is 14.4. The molecule has 1 aliphatic heterocycles. The number of carboxylic acids is 1. The van der Waals surface area contributed by atoms with Crippen LogP contribution in [0.15, 0.2) is 40.2 Å². The second kappa shape index (κ2) is 19.9. The van der Waals surface area contributed by atoms with Crippen molar-refractivity contribution in [2.45, 2.75) is 90.1 Å². The molecule has 1 aliphatic rings. The smallest absolute Gasteiger partial charge is 0.329 e. The first-order valence-electron chi connectivity index (χ1n) is 16.8. The molecule has 50 heavy (non-hydrogen) atoms. The number of aromatic nitrogens is 2. The molecule has 0 radical (unpaired) electrons. The minimum Gasteiger partial charge on any atom is -0.480 e. The molecule has 3 rings (SSSR count). The van der Waals surface area contributed by atoms with Gasteiger partial charge < -0.3 is 48.0 Å². The van der Waals surface area contributed by atoms with E-state index in [9.17, 15) is 18.8 Å². The van der Waals surface area contributed by atoms with E-state index in [4.69, 9.17) is 27.0 Å². The molecule has 1 aromatic heterocycles. The van der Waals surface area contributed by atoms with Gasteiger partial charge in [0.25, 0.3) is 5.56 Å². The number of carbonyl (C=O) groups is 2. The fourth-order valence-corrected chi connectivity index (χ4v) is 5.09. The maximum Gasteiger partial charge on any atom is 0.329 e. The third-order valence-corrected chi connectivity index (χ3v) is 7.49. The van der Waals surface area contributed by atoms with Gasteiger partial charge in [0.2, 0.25) is 0 Å². The number of guanidine groups is 1. The number of alkyl halides is 1. The van der Waals surface area contributed by atoms with Crippen molar-refractivity contribution in [3.05, 3.63) is 52.2 Å². The van der Waals surface area contributed by atoms with Crippen LogP contribution in [0.3, 0.4) is 0 Å². The van der Waals surface area contributed by atoms with Crippen LogP contribution in [0.25, 0.3) is 11.1 Å². The Labute approximate surface area is 294 Å². The summed E-state index contributed by atoms with van der Waals surface area (Å²) >= 11 is 0. The minimum absolute atomic E-state index is 0.0815. The van der Waals surface area contributed by atoms with Gasteiger partial charge in [-0.3, -0.25) is 14.7 Å². The molecule has 280 valence electrons. The lowest BCUT2D eigenvalue weighted by atomic mass is 9.95. The Morgan fingerprint density at radius 3 is 2.42 bits per heavy atom. The number of nitrogens with zero attached hydrogens (tertiary/aromatic N) is 3. The summed E-state index contributed by atoms with van der Waals surface area (Å²) in [6.07, 6.45) is 1.91. The van der Waals surface area contributed by atoms with Gasteiger partial charge in [0.1, 0.15) is 18.6 Å². The van der Waals surface area contributed by atoms with Gasteiger partial charge in [0, 0.05) is 62.0 Å². The fraction of sp³-hybridized carbons (Fsp3) is 0.618. The Morgan fingerprint density at radius 1 is 1.18 bits per heavy atom. The van der Waals surface area contributed by atoms with E-state index in [1.807, 2.05) is 70.7 Å². The van der Waals surface area contributed by atoms with Gasteiger partial charge in [-0.2, -0.15) is 0 Å². The molecule has 15 nitrogen and oxygen atoms in total. The Hall–Kier alpha value is -4.12. The average molecular weight is 705 g/mol. The summed E-state index contributed by atoms with van der Waals surface area (Å²) in [6, 6.07) is 7.31. The summed E-state index contributed by atoms with van der Waals surface area (Å²) in [5.41, 5.74) is 17.8. The zero-order chi connectivity index (χ0) is 37.5. The zero-order valence-electron chi connectivity index (χ0n) is 30.2. The molecule has 2 heterocycles. The molecule has 2 aromatic rings. The third kappa shape index (κ3) is 16.1. The lowest BCUT2D eigenvalue weighted by Gasteiger charge is -2.25. The first kappa shape index (κ1) is 42.0. The summed E-state index contributed by atoms with van der Waals surface area (Å²) in [4.78, 5) is 47.9. The number of rotatable bonds is 15. The topological polar surface area (TPSA) is 239 Å². The number of urea groups is 1. The van der Waals surface area contributed by atoms with Gasteiger partial charge in [-0.25, -0.2) is 19.0 Å². The number of likely N-dealkylation sites (tertiary alicyclic amines) is 1. The number of carboxylic acid groups (broad SMARTS) is 1. The van der Waals surface area contributed by atoms with Crippen LogP contribution in [0.1, 0.15) is 65.8 Å². The zero-order valence-corrected chi connectivity index (χ0v) is 30.2. The molecule has 0 saturated carbocycles. The summed E-state index contributed by atoms with van der Waals surface area (Å²) in [6.45, 7) is 14.2. The molecule has 0 unspecified atom stereocenters. The normalized spacial score (nSPS) is 17.0. The van der Waals surface area contributed by atoms with Crippen LogP contribution in [0, 0.1) is 0 Å². The number of hydrogen-bond acceptors (Lipinski definition) is 9. The standard InChI is InChI=1S/C19H28N6O.C15H29FN4O4/c1-19(2,3)17-24-12-15(16(26)25-17)14-7-5-13(6-8-14)11-22-9-4-10-23-18(20)21;1-15(2,3)19-14(23)18-11-4-12(8-24-9-13(21)22)20(7-11)6-10(16)5-17/h5-8,12,22H,4,9-11H2,1-3H3,(H4,20,21,23)(H,24,25,26);10-12H,4-9,17H2,1-3H3,(H,21,22)(H2,18,19,23)/t;10-,11+,12-/m.0/s1. The lowest BCUT2D eigenvalue weighted by molar-refractivity contribution is -0.142. The predicted octanol–water partition coefficient (Wildman–Crippen LogP) is 1.41. The summed E-state index contributed by atoms with van der Waals surface area (Å²) in [5.74, 6) is -0.238. The fourth-order valence-electron chi connectivity index (χ4n) is 5.09. The van der Waals surface area contributed by atoms with Gasteiger partial charge in [-0.15, -0.1) is 0 Å². The molecule has 2 amide bonds.